The summed E-state index contributed by atoms with van der Waals surface area (Å²) >= 11 is 1.64. The number of nitrogens with one attached hydrogen (secondary N) is 1. The van der Waals surface area contributed by atoms with Gasteiger partial charge in [-0.15, -0.1) is 11.3 Å². The van der Waals surface area contributed by atoms with Crippen LogP contribution >= 0.6 is 11.3 Å². The fraction of sp³-hybridized carbons (Fsp3) is 0.444. The van der Waals surface area contributed by atoms with E-state index in [1.54, 1.807) is 11.3 Å². The van der Waals surface area contributed by atoms with E-state index in [-0.39, 0.29) is 12.0 Å². The third-order valence-electron chi connectivity index (χ3n) is 4.01. The van der Waals surface area contributed by atoms with Gasteiger partial charge in [0.05, 0.1) is 23.2 Å². The minimum absolute atomic E-state index is 0.0542. The van der Waals surface area contributed by atoms with Crippen LogP contribution in [0, 0.1) is 6.92 Å². The number of benzene rings is 1. The first-order valence-corrected chi connectivity index (χ1v) is 8.90. The average Bonchev–Trinajstić information content (AvgIpc) is 3.17. The first-order valence-electron chi connectivity index (χ1n) is 8.08. The van der Waals surface area contributed by atoms with Crippen LogP contribution in [0.3, 0.4) is 0 Å². The number of nitrogens with zero attached hydrogens (tertiary/aromatic N) is 1. The van der Waals surface area contributed by atoms with Crippen molar-refractivity contribution in [1.29, 1.82) is 0 Å². The molecular formula is C18H22N2O2S. The number of ether oxygens (including phenoxy) is 1. The fourth-order valence-corrected chi connectivity index (χ4v) is 3.84. The molecule has 1 aliphatic heterocycles. The van der Waals surface area contributed by atoms with Gasteiger partial charge in [-0.25, -0.2) is 4.98 Å². The predicted octanol–water partition coefficient (Wildman–Crippen LogP) is 2.88. The highest BCUT2D eigenvalue weighted by Gasteiger charge is 2.17. The lowest BCUT2D eigenvalue weighted by Crippen LogP contribution is -2.32. The zero-order valence-electron chi connectivity index (χ0n) is 13.4. The number of aromatic nitrogens is 1. The third kappa shape index (κ3) is 4.62. The van der Waals surface area contributed by atoms with Crippen LogP contribution in [0.15, 0.2) is 30.3 Å². The highest BCUT2D eigenvalue weighted by atomic mass is 32.1. The Kier molecular flexibility index (Phi) is 5.41. The van der Waals surface area contributed by atoms with Gasteiger partial charge in [-0.05, 0) is 25.3 Å². The van der Waals surface area contributed by atoms with E-state index in [0.717, 1.165) is 41.4 Å². The molecule has 4 nitrogen and oxygen atoms in total. The highest BCUT2D eigenvalue weighted by molar-refractivity contribution is 7.11. The second kappa shape index (κ2) is 7.70. The SMILES string of the molecule is Cc1nc(Cc2ccccc2)sc1CC(=O)NCC1CCCO1. The number of thiazole rings is 1. The summed E-state index contributed by atoms with van der Waals surface area (Å²) in [4.78, 5) is 17.8. The molecule has 1 aromatic carbocycles. The van der Waals surface area contributed by atoms with E-state index in [2.05, 4.69) is 22.4 Å². The molecule has 0 radical (unpaired) electrons. The summed E-state index contributed by atoms with van der Waals surface area (Å²) in [6, 6.07) is 10.3. The molecule has 3 rings (SSSR count). The van der Waals surface area contributed by atoms with Gasteiger partial charge in [-0.1, -0.05) is 30.3 Å². The Bertz CT molecular complexity index is 648. The fourth-order valence-electron chi connectivity index (χ4n) is 2.74. The molecule has 1 atom stereocenters. The quantitative estimate of drug-likeness (QED) is 0.886. The van der Waals surface area contributed by atoms with Gasteiger partial charge in [-0.3, -0.25) is 4.79 Å². The second-order valence-electron chi connectivity index (χ2n) is 5.89. The van der Waals surface area contributed by atoms with Gasteiger partial charge in [0.15, 0.2) is 0 Å². The van der Waals surface area contributed by atoms with E-state index >= 15 is 0 Å². The molecule has 1 N–H and O–H groups in total. The topological polar surface area (TPSA) is 51.2 Å². The van der Waals surface area contributed by atoms with Crippen molar-refractivity contribution in [2.24, 2.45) is 0 Å². The molecule has 0 saturated carbocycles. The monoisotopic (exact) mass is 330 g/mol. The summed E-state index contributed by atoms with van der Waals surface area (Å²) in [5, 5.41) is 4.04. The van der Waals surface area contributed by atoms with Crippen LogP contribution in [-0.4, -0.2) is 30.1 Å². The summed E-state index contributed by atoms with van der Waals surface area (Å²) in [5.41, 5.74) is 2.21. The van der Waals surface area contributed by atoms with Gasteiger partial charge < -0.3 is 10.1 Å². The molecule has 1 aromatic heterocycles. The van der Waals surface area contributed by atoms with Gasteiger partial charge in [0.25, 0.3) is 0 Å². The summed E-state index contributed by atoms with van der Waals surface area (Å²) in [6.07, 6.45) is 3.56. The lowest BCUT2D eigenvalue weighted by atomic mass is 10.2. The summed E-state index contributed by atoms with van der Waals surface area (Å²) in [7, 11) is 0. The Morgan fingerprint density at radius 3 is 2.96 bits per heavy atom. The standard InChI is InChI=1S/C18H22N2O2S/c1-13-16(11-17(21)19-12-15-8-5-9-22-15)23-18(20-13)10-14-6-3-2-4-7-14/h2-4,6-7,15H,5,8-12H2,1H3,(H,19,21). The number of hydrogen-bond donors (Lipinski definition) is 1. The maximum atomic E-state index is 12.1. The normalized spacial score (nSPS) is 17.3. The molecule has 1 amide bonds. The molecule has 0 bridgehead atoms. The molecule has 1 saturated heterocycles. The van der Waals surface area contributed by atoms with E-state index in [9.17, 15) is 4.79 Å². The van der Waals surface area contributed by atoms with Gasteiger partial charge in [-0.2, -0.15) is 0 Å². The van der Waals surface area contributed by atoms with Gasteiger partial charge >= 0.3 is 0 Å². The number of carbonyl (C=O) groups is 1. The number of amides is 1. The van der Waals surface area contributed by atoms with Crippen LogP contribution < -0.4 is 5.32 Å². The van der Waals surface area contributed by atoms with Gasteiger partial charge in [0.2, 0.25) is 5.91 Å². The summed E-state index contributed by atoms with van der Waals surface area (Å²) in [5.74, 6) is 0.0542. The Morgan fingerprint density at radius 1 is 1.39 bits per heavy atom. The van der Waals surface area contributed by atoms with Crippen LogP contribution in [0.5, 0.6) is 0 Å². The average molecular weight is 330 g/mol. The number of hydrogen-bond acceptors (Lipinski definition) is 4. The largest absolute Gasteiger partial charge is 0.376 e. The lowest BCUT2D eigenvalue weighted by molar-refractivity contribution is -0.120. The highest BCUT2D eigenvalue weighted by Crippen LogP contribution is 2.21. The van der Waals surface area contributed by atoms with Crippen molar-refractivity contribution in [1.82, 2.24) is 10.3 Å². The van der Waals surface area contributed by atoms with Gasteiger partial charge in [0.1, 0.15) is 0 Å². The maximum Gasteiger partial charge on any atom is 0.225 e. The van der Waals surface area contributed by atoms with Crippen LogP contribution in [0.1, 0.15) is 34.0 Å². The van der Waals surface area contributed by atoms with E-state index < -0.39 is 0 Å². The minimum Gasteiger partial charge on any atom is -0.376 e. The van der Waals surface area contributed by atoms with E-state index in [0.29, 0.717) is 13.0 Å². The van der Waals surface area contributed by atoms with Crippen molar-refractivity contribution in [3.63, 3.8) is 0 Å². The van der Waals surface area contributed by atoms with Crippen molar-refractivity contribution in [2.45, 2.75) is 38.7 Å². The maximum absolute atomic E-state index is 12.1. The van der Waals surface area contributed by atoms with E-state index in [4.69, 9.17) is 4.74 Å². The van der Waals surface area contributed by atoms with E-state index in [1.165, 1.54) is 5.56 Å². The third-order valence-corrected chi connectivity index (χ3v) is 5.16. The van der Waals surface area contributed by atoms with Gasteiger partial charge in [0, 0.05) is 24.4 Å². The summed E-state index contributed by atoms with van der Waals surface area (Å²) in [6.45, 7) is 3.42. The van der Waals surface area contributed by atoms with Crippen LogP contribution in [-0.2, 0) is 22.4 Å². The molecular weight excluding hydrogens is 308 g/mol. The smallest absolute Gasteiger partial charge is 0.225 e. The second-order valence-corrected chi connectivity index (χ2v) is 7.06. The van der Waals surface area contributed by atoms with Crippen LogP contribution in [0.2, 0.25) is 0 Å². The zero-order chi connectivity index (χ0) is 16.1. The van der Waals surface area contributed by atoms with E-state index in [1.807, 2.05) is 25.1 Å². The molecule has 2 heterocycles. The molecule has 1 fully saturated rings. The predicted molar refractivity (Wildman–Crippen MR) is 91.8 cm³/mol. The first kappa shape index (κ1) is 16.1. The van der Waals surface area contributed by atoms with Crippen molar-refractivity contribution < 1.29 is 9.53 Å². The number of rotatable bonds is 6. The number of aryl methyl sites for hydroxylation is 1. The van der Waals surface area contributed by atoms with Crippen molar-refractivity contribution in [3.8, 4) is 0 Å². The Balaban J connectivity index is 1.54. The van der Waals surface area contributed by atoms with Crippen LogP contribution in [0.25, 0.3) is 0 Å². The zero-order valence-corrected chi connectivity index (χ0v) is 14.2. The Labute approximate surface area is 140 Å². The van der Waals surface area contributed by atoms with Crippen LogP contribution in [0.4, 0.5) is 0 Å². The molecule has 122 valence electrons. The number of carbonyl (C=O) groups excluding carboxylic acids is 1. The minimum atomic E-state index is 0.0542. The molecule has 0 aliphatic carbocycles. The molecule has 1 aliphatic rings. The Hall–Kier alpha value is -1.72. The summed E-state index contributed by atoms with van der Waals surface area (Å²) < 4.78 is 5.52. The first-order chi connectivity index (χ1) is 11.2. The van der Waals surface area contributed by atoms with Crippen molar-refractivity contribution >= 4 is 17.2 Å². The molecule has 0 spiro atoms. The molecule has 23 heavy (non-hydrogen) atoms. The lowest BCUT2D eigenvalue weighted by Gasteiger charge is -2.10. The van der Waals surface area contributed by atoms with Crippen molar-refractivity contribution in [3.05, 3.63) is 51.5 Å². The Morgan fingerprint density at radius 2 is 2.22 bits per heavy atom. The molecule has 5 heteroatoms. The molecule has 2 aromatic rings. The molecule has 1 unspecified atom stereocenters. The van der Waals surface area contributed by atoms with Crippen molar-refractivity contribution in [2.75, 3.05) is 13.2 Å².